The summed E-state index contributed by atoms with van der Waals surface area (Å²) in [5.74, 6) is 3.14. The molecule has 5 aliphatic rings. The summed E-state index contributed by atoms with van der Waals surface area (Å²) < 4.78 is 0. The summed E-state index contributed by atoms with van der Waals surface area (Å²) in [4.78, 5) is 66.7. The summed E-state index contributed by atoms with van der Waals surface area (Å²) in [6.45, 7) is 14.7. The molecule has 0 unspecified atom stereocenters. The van der Waals surface area contributed by atoms with Gasteiger partial charge in [-0.2, -0.15) is 0 Å². The number of anilines is 1. The van der Waals surface area contributed by atoms with E-state index in [-0.39, 0.29) is 49.1 Å². The summed E-state index contributed by atoms with van der Waals surface area (Å²) in [5.41, 5.74) is 6.40. The van der Waals surface area contributed by atoms with Crippen LogP contribution in [0.5, 0.6) is 5.75 Å². The highest BCUT2D eigenvalue weighted by Gasteiger charge is 2.46. The van der Waals surface area contributed by atoms with E-state index in [4.69, 9.17) is 16.4 Å². The molecule has 4 atom stereocenters. The molecule has 2 aromatic carbocycles. The first-order valence-electron chi connectivity index (χ1n) is 26.6. The van der Waals surface area contributed by atoms with E-state index in [0.717, 1.165) is 123 Å². The molecule has 74 heavy (non-hydrogen) atoms. The number of phenolic OH excluding ortho intramolecular Hbond substituents is 1. The third-order valence-electron chi connectivity index (χ3n) is 16.6. The van der Waals surface area contributed by atoms with Crippen LogP contribution in [0.2, 0.25) is 0 Å². The number of β-amino-alcohol motifs (C(OH)–C–C–N with tert-alkyl or cyclic N) is 1. The molecular weight excluding hydrogens is 935 g/mol. The fraction of sp³-hybridized carbons (Fsp3) is 0.518. The Morgan fingerprint density at radius 3 is 2.38 bits per heavy atom. The monoisotopic (exact) mass is 1010 g/mol. The van der Waals surface area contributed by atoms with Crippen molar-refractivity contribution >= 4 is 34.8 Å². The number of hydrogen-bond acceptors (Lipinski definition) is 13. The van der Waals surface area contributed by atoms with E-state index in [0.29, 0.717) is 48.7 Å². The van der Waals surface area contributed by atoms with Crippen LogP contribution >= 0.6 is 0 Å². The number of piperazine rings is 1. The number of terminal acetylenes is 1. The molecule has 0 spiro atoms. The maximum atomic E-state index is 14.8. The maximum absolute atomic E-state index is 14.8. The van der Waals surface area contributed by atoms with E-state index in [1.54, 1.807) is 12.1 Å². The lowest BCUT2D eigenvalue weighted by Gasteiger charge is -2.43. The van der Waals surface area contributed by atoms with Crippen molar-refractivity contribution in [2.24, 2.45) is 5.41 Å². The average Bonchev–Trinajstić information content (AvgIpc) is 4.03. The van der Waals surface area contributed by atoms with Gasteiger partial charge in [0.15, 0.2) is 5.65 Å². The number of carbonyl (C=O) groups is 3. The number of para-hydroxylation sites is 1. The van der Waals surface area contributed by atoms with Crippen LogP contribution < -0.4 is 20.9 Å². The normalized spacial score (nSPS) is 21.8. The molecule has 8 heterocycles. The zero-order valence-corrected chi connectivity index (χ0v) is 43.0. The lowest BCUT2D eigenvalue weighted by molar-refractivity contribution is -0.142. The van der Waals surface area contributed by atoms with Crippen molar-refractivity contribution in [1.29, 1.82) is 0 Å². The number of fused-ring (bicyclic) bond motifs is 3. The summed E-state index contributed by atoms with van der Waals surface area (Å²) in [6, 6.07) is 14.8. The zero-order chi connectivity index (χ0) is 51.5. The number of aliphatic hydroxyl groups excluding tert-OH is 1. The van der Waals surface area contributed by atoms with Crippen LogP contribution in [0.1, 0.15) is 99.2 Å². The Kier molecular flexibility index (Phi) is 15.2. The lowest BCUT2D eigenvalue weighted by atomic mass is 9.80. The maximum Gasteiger partial charge on any atom is 0.318 e. The lowest BCUT2D eigenvalue weighted by Crippen LogP contribution is -2.61. The van der Waals surface area contributed by atoms with E-state index in [2.05, 4.69) is 58.7 Å². The van der Waals surface area contributed by atoms with Crippen LogP contribution in [0, 0.1) is 17.8 Å². The number of aliphatic hydroxyl groups is 1. The molecule has 10 rings (SSSR count). The van der Waals surface area contributed by atoms with Gasteiger partial charge in [0.25, 0.3) is 0 Å². The largest absolute Gasteiger partial charge is 0.507 e. The van der Waals surface area contributed by atoms with Gasteiger partial charge in [-0.25, -0.2) is 14.8 Å². The van der Waals surface area contributed by atoms with Gasteiger partial charge >= 0.3 is 6.03 Å². The van der Waals surface area contributed by atoms with Crippen molar-refractivity contribution in [3.63, 3.8) is 0 Å². The number of piperidine rings is 2. The van der Waals surface area contributed by atoms with Crippen LogP contribution in [0.4, 0.5) is 10.7 Å². The molecular formula is C56H71N13O5. The van der Waals surface area contributed by atoms with Gasteiger partial charge in [-0.1, -0.05) is 44.0 Å². The molecule has 0 radical (unpaired) electrons. The third-order valence-corrected chi connectivity index (χ3v) is 16.6. The minimum atomic E-state index is -0.916. The van der Waals surface area contributed by atoms with E-state index in [9.17, 15) is 24.6 Å². The topological polar surface area (TPSA) is 211 Å². The minimum Gasteiger partial charge on any atom is -0.507 e. The summed E-state index contributed by atoms with van der Waals surface area (Å²) in [7, 11) is 0. The van der Waals surface area contributed by atoms with E-state index < -0.39 is 23.6 Å². The second-order valence-corrected chi connectivity index (χ2v) is 21.7. The highest BCUT2D eigenvalue weighted by Crippen LogP contribution is 2.39. The Bertz CT molecular complexity index is 2830. The number of nitrogens with zero attached hydrogens (tertiary/aromatic N) is 9. The number of aromatic nitrogens is 5. The molecule has 5 aromatic rings. The molecule has 4 saturated heterocycles. The van der Waals surface area contributed by atoms with Gasteiger partial charge < -0.3 is 55.6 Å². The van der Waals surface area contributed by atoms with Crippen molar-refractivity contribution in [3.05, 3.63) is 94.9 Å². The fourth-order valence-electron chi connectivity index (χ4n) is 12.0. The number of amides is 4. The number of carbonyl (C=O) groups excluding carboxylic acids is 3. The average molecular weight is 1010 g/mol. The number of H-pyrrole nitrogens is 1. The molecule has 18 heteroatoms. The smallest absolute Gasteiger partial charge is 0.318 e. The van der Waals surface area contributed by atoms with E-state index >= 15 is 0 Å². The van der Waals surface area contributed by atoms with Gasteiger partial charge in [-0.15, -0.1) is 16.6 Å². The predicted molar refractivity (Wildman–Crippen MR) is 283 cm³/mol. The Balaban J connectivity index is 0.737. The number of phenols is 1. The number of aromatic amines is 1. The Labute approximate surface area is 433 Å². The van der Waals surface area contributed by atoms with Crippen molar-refractivity contribution in [3.8, 4) is 29.4 Å². The first kappa shape index (κ1) is 50.9. The molecule has 390 valence electrons. The number of benzene rings is 2. The van der Waals surface area contributed by atoms with Gasteiger partial charge in [-0.3, -0.25) is 9.59 Å². The molecule has 18 nitrogen and oxygen atoms in total. The molecule has 5 aliphatic heterocycles. The molecule has 0 bridgehead atoms. The van der Waals surface area contributed by atoms with Crippen molar-refractivity contribution in [1.82, 2.24) is 60.7 Å². The number of rotatable bonds is 13. The summed E-state index contributed by atoms with van der Waals surface area (Å²) in [6.07, 6.45) is 13.9. The standard InChI is InChI=1S/C56H71N13O5/c1-5-37-10-12-38(13-11-37)32-58-52(72)47-30-42(70)35-69(47)53(73)50(56(3,4)19-27-65-28-20-57-21-29-65)62-55(74)67-24-16-41(17-25-67)66-22-14-39(15-23-66)40-33-59-54(60-34-40)68-26-18-45-49(36(68)2)44-31-46(63-64-51(44)61-45)43-8-6-7-9-48(43)71/h1,6-13,31,33-34,36,39,41-42,47,50,57,70-71H,14-30,32,35H2,2-4H3,(H,58,72)(H,61,64)(H,62,74)/t36-,42-,47+,50-/m1/s1. The molecule has 4 amide bonds. The Hall–Kier alpha value is -6.65. The first-order valence-corrected chi connectivity index (χ1v) is 26.6. The molecule has 4 fully saturated rings. The van der Waals surface area contributed by atoms with Crippen LogP contribution in [-0.4, -0.2) is 169 Å². The van der Waals surface area contributed by atoms with Gasteiger partial charge in [-0.05, 0) is 111 Å². The zero-order valence-electron chi connectivity index (χ0n) is 43.0. The Morgan fingerprint density at radius 1 is 0.932 bits per heavy atom. The first-order chi connectivity index (χ1) is 35.8. The summed E-state index contributed by atoms with van der Waals surface area (Å²) >= 11 is 0. The van der Waals surface area contributed by atoms with Crippen LogP contribution in [0.3, 0.4) is 0 Å². The number of likely N-dealkylation sites (tertiary alicyclic amines) is 3. The molecule has 0 aliphatic carbocycles. The van der Waals surface area contributed by atoms with Crippen molar-refractivity contribution in [2.45, 2.75) is 108 Å². The molecule has 6 N–H and O–H groups in total. The van der Waals surface area contributed by atoms with Gasteiger partial charge in [0, 0.05) is 118 Å². The van der Waals surface area contributed by atoms with Crippen molar-refractivity contribution in [2.75, 3.05) is 76.9 Å². The highest BCUT2D eigenvalue weighted by molar-refractivity contribution is 5.93. The summed E-state index contributed by atoms with van der Waals surface area (Å²) in [5, 5.41) is 40.8. The predicted octanol–water partition coefficient (Wildman–Crippen LogP) is 4.55. The minimum absolute atomic E-state index is 0.00269. The van der Waals surface area contributed by atoms with Gasteiger partial charge in [0.2, 0.25) is 17.8 Å². The molecule has 3 aromatic heterocycles. The van der Waals surface area contributed by atoms with Gasteiger partial charge in [0.1, 0.15) is 17.8 Å². The van der Waals surface area contributed by atoms with Crippen LogP contribution in [0.15, 0.2) is 67.0 Å². The van der Waals surface area contributed by atoms with E-state index in [1.165, 1.54) is 4.90 Å². The number of hydrogen-bond donors (Lipinski definition) is 6. The van der Waals surface area contributed by atoms with Crippen molar-refractivity contribution < 1.29 is 24.6 Å². The molecule has 0 saturated carbocycles. The Morgan fingerprint density at radius 2 is 1.66 bits per heavy atom. The van der Waals surface area contributed by atoms with E-state index in [1.807, 2.05) is 73.6 Å². The second kappa shape index (κ2) is 22.1. The number of urea groups is 1. The highest BCUT2D eigenvalue weighted by atomic mass is 16.3. The number of nitrogens with one attached hydrogen (secondary N) is 4. The second-order valence-electron chi connectivity index (χ2n) is 21.7. The fourth-order valence-corrected chi connectivity index (χ4v) is 12.0. The number of aromatic hydroxyl groups is 1. The van der Waals surface area contributed by atoms with Crippen LogP contribution in [0.25, 0.3) is 22.3 Å². The third kappa shape index (κ3) is 10.9. The quantitative estimate of drug-likeness (QED) is 0.0896. The SMILES string of the molecule is C#Cc1ccc(CNC(=O)[C@@H]2C[C@@H](O)CN2C(=O)[C@@H](NC(=O)N2CCC(N3CCC(c4cnc(N5CCc6[nH]c7nnc(-c8ccccc8O)cc7c6[C@H]5C)nc4)CC3)CC2)C(C)(C)CCN2CCNCC2)cc1. The van der Waals surface area contributed by atoms with Gasteiger partial charge in [0.05, 0.1) is 17.8 Å². The van der Waals surface area contributed by atoms with Crippen LogP contribution in [-0.2, 0) is 22.6 Å².